The number of fused-ring (bicyclic) bond motifs is 1. The molecule has 1 aliphatic heterocycles. The Balaban J connectivity index is 1.47. The van der Waals surface area contributed by atoms with Crippen LogP contribution in [0.25, 0.3) is 11.0 Å². The van der Waals surface area contributed by atoms with E-state index in [4.69, 9.17) is 9.15 Å². The van der Waals surface area contributed by atoms with Crippen LogP contribution in [0.3, 0.4) is 0 Å². The molecule has 1 atom stereocenters. The Morgan fingerprint density at radius 1 is 1.17 bits per heavy atom. The van der Waals surface area contributed by atoms with Crippen molar-refractivity contribution in [1.29, 1.82) is 0 Å². The number of carbonyl (C=O) groups is 2. The summed E-state index contributed by atoms with van der Waals surface area (Å²) in [6, 6.07) is 13.2. The van der Waals surface area contributed by atoms with Gasteiger partial charge in [0.15, 0.2) is 0 Å². The molecule has 0 bridgehead atoms. The van der Waals surface area contributed by atoms with Crippen LogP contribution in [-0.2, 0) is 20.9 Å². The summed E-state index contributed by atoms with van der Waals surface area (Å²) in [5.74, 6) is -1.22. The topological polar surface area (TPSA) is 97.1 Å². The van der Waals surface area contributed by atoms with E-state index >= 15 is 0 Å². The number of carbonyl (C=O) groups excluding carboxylic acids is 2. The molecule has 1 saturated heterocycles. The average Bonchev–Trinajstić information content (AvgIpc) is 3.07. The van der Waals surface area contributed by atoms with E-state index in [1.165, 1.54) is 18.2 Å². The second kappa shape index (κ2) is 7.43. The average molecular weight is 393 g/mol. The van der Waals surface area contributed by atoms with Crippen LogP contribution in [0.15, 0.2) is 57.7 Å². The van der Waals surface area contributed by atoms with Gasteiger partial charge in [-0.25, -0.2) is 4.79 Å². The minimum atomic E-state index is -0.601. The number of aryl methyl sites for hydroxylation is 1. The lowest BCUT2D eigenvalue weighted by Gasteiger charge is -2.16. The van der Waals surface area contributed by atoms with Gasteiger partial charge in [0.2, 0.25) is 5.91 Å². The lowest BCUT2D eigenvalue weighted by Crippen LogP contribution is -2.26. The van der Waals surface area contributed by atoms with Crippen LogP contribution in [0.5, 0.6) is 5.75 Å². The van der Waals surface area contributed by atoms with Crippen molar-refractivity contribution >= 4 is 28.5 Å². The highest BCUT2D eigenvalue weighted by molar-refractivity contribution is 5.99. The Morgan fingerprint density at radius 2 is 1.93 bits per heavy atom. The Bertz CT molecular complexity index is 1150. The molecule has 0 unspecified atom stereocenters. The molecule has 1 amide bonds. The molecule has 1 aliphatic rings. The standard InChI is InChI=1S/C22H19NO6/c1-13-2-4-16(5-3-13)23-11-14(8-20(23)25)22(27)28-12-15-9-21(26)29-19-10-17(24)6-7-18(15)19/h2-7,9-10,14,24H,8,11-12H2,1H3/t14-/m1/s1. The zero-order valence-corrected chi connectivity index (χ0v) is 15.8. The molecule has 2 aromatic carbocycles. The maximum absolute atomic E-state index is 12.5. The molecule has 1 N–H and O–H groups in total. The lowest BCUT2D eigenvalue weighted by atomic mass is 10.1. The zero-order chi connectivity index (χ0) is 20.5. The predicted molar refractivity (Wildman–Crippen MR) is 106 cm³/mol. The maximum Gasteiger partial charge on any atom is 0.336 e. The fraction of sp³-hybridized carbons (Fsp3) is 0.227. The molecule has 29 heavy (non-hydrogen) atoms. The van der Waals surface area contributed by atoms with Crippen LogP contribution in [0.1, 0.15) is 17.5 Å². The first-order valence-corrected chi connectivity index (χ1v) is 9.20. The molecule has 0 spiro atoms. The van der Waals surface area contributed by atoms with E-state index in [0.717, 1.165) is 11.3 Å². The summed E-state index contributed by atoms with van der Waals surface area (Å²) in [4.78, 5) is 38.2. The van der Waals surface area contributed by atoms with Crippen LogP contribution in [0, 0.1) is 12.8 Å². The molecule has 0 aliphatic carbocycles. The second-order valence-corrected chi connectivity index (χ2v) is 7.12. The normalized spacial score (nSPS) is 16.4. The SMILES string of the molecule is Cc1ccc(N2C[C@H](C(=O)OCc3cc(=O)oc4cc(O)ccc34)CC2=O)cc1. The Hall–Kier alpha value is -3.61. The van der Waals surface area contributed by atoms with Crippen LogP contribution in [0.4, 0.5) is 5.69 Å². The summed E-state index contributed by atoms with van der Waals surface area (Å²) in [6.07, 6.45) is 0.0816. The number of phenols is 1. The number of phenolic OH excluding ortho intramolecular Hbond substituents is 1. The van der Waals surface area contributed by atoms with E-state index in [-0.39, 0.29) is 36.8 Å². The molecule has 4 rings (SSSR count). The van der Waals surface area contributed by atoms with Crippen molar-refractivity contribution in [2.45, 2.75) is 20.0 Å². The summed E-state index contributed by atoms with van der Waals surface area (Å²) in [7, 11) is 0. The number of nitrogens with zero attached hydrogens (tertiary/aromatic N) is 1. The highest BCUT2D eigenvalue weighted by Crippen LogP contribution is 2.27. The number of benzene rings is 2. The van der Waals surface area contributed by atoms with Crippen molar-refractivity contribution in [3.8, 4) is 5.75 Å². The van der Waals surface area contributed by atoms with Gasteiger partial charge in [-0.05, 0) is 31.2 Å². The summed E-state index contributed by atoms with van der Waals surface area (Å²) < 4.78 is 10.5. The molecule has 7 nitrogen and oxygen atoms in total. The number of hydrogen-bond donors (Lipinski definition) is 1. The van der Waals surface area contributed by atoms with Crippen molar-refractivity contribution < 1.29 is 23.8 Å². The van der Waals surface area contributed by atoms with Crippen LogP contribution >= 0.6 is 0 Å². The molecule has 2 heterocycles. The Kier molecular flexibility index (Phi) is 4.80. The highest BCUT2D eigenvalue weighted by atomic mass is 16.5. The van der Waals surface area contributed by atoms with Gasteiger partial charge in [0, 0.05) is 41.7 Å². The second-order valence-electron chi connectivity index (χ2n) is 7.12. The maximum atomic E-state index is 12.5. The number of aromatic hydroxyl groups is 1. The minimum Gasteiger partial charge on any atom is -0.508 e. The smallest absolute Gasteiger partial charge is 0.336 e. The van der Waals surface area contributed by atoms with Crippen LogP contribution < -0.4 is 10.5 Å². The third kappa shape index (κ3) is 3.85. The fourth-order valence-electron chi connectivity index (χ4n) is 3.44. The van der Waals surface area contributed by atoms with Gasteiger partial charge in [-0.2, -0.15) is 0 Å². The van der Waals surface area contributed by atoms with Gasteiger partial charge in [-0.1, -0.05) is 17.7 Å². The minimum absolute atomic E-state index is 0.0320. The van der Waals surface area contributed by atoms with E-state index in [0.29, 0.717) is 10.9 Å². The summed E-state index contributed by atoms with van der Waals surface area (Å²) in [5.41, 5.74) is 1.93. The third-order valence-electron chi connectivity index (χ3n) is 4.99. The van der Waals surface area contributed by atoms with Gasteiger partial charge in [-0.3, -0.25) is 9.59 Å². The molecule has 148 valence electrons. The molecule has 0 radical (unpaired) electrons. The summed E-state index contributed by atoms with van der Waals surface area (Å²) >= 11 is 0. The largest absolute Gasteiger partial charge is 0.508 e. The molecule has 7 heteroatoms. The first kappa shape index (κ1) is 18.7. The fourth-order valence-corrected chi connectivity index (χ4v) is 3.44. The monoisotopic (exact) mass is 393 g/mol. The van der Waals surface area contributed by atoms with E-state index in [2.05, 4.69) is 0 Å². The van der Waals surface area contributed by atoms with Gasteiger partial charge in [0.25, 0.3) is 0 Å². The van der Waals surface area contributed by atoms with Gasteiger partial charge in [-0.15, -0.1) is 0 Å². The molecular formula is C22H19NO6. The quantitative estimate of drug-likeness (QED) is 0.541. The molecule has 1 fully saturated rings. The number of ether oxygens (including phenoxy) is 1. The Labute approximate surface area is 166 Å². The van der Waals surface area contributed by atoms with Crippen molar-refractivity contribution in [1.82, 2.24) is 0 Å². The van der Waals surface area contributed by atoms with Gasteiger partial charge in [0.1, 0.15) is 17.9 Å². The number of amides is 1. The van der Waals surface area contributed by atoms with Crippen molar-refractivity contribution in [3.05, 3.63) is 70.1 Å². The predicted octanol–water partition coefficient (Wildman–Crippen LogP) is 2.90. The zero-order valence-electron chi connectivity index (χ0n) is 15.8. The number of esters is 1. The number of hydrogen-bond acceptors (Lipinski definition) is 6. The molecular weight excluding hydrogens is 374 g/mol. The van der Waals surface area contributed by atoms with Crippen molar-refractivity contribution in [2.75, 3.05) is 11.4 Å². The van der Waals surface area contributed by atoms with E-state index < -0.39 is 17.5 Å². The van der Waals surface area contributed by atoms with Gasteiger partial charge >= 0.3 is 11.6 Å². The summed E-state index contributed by atoms with van der Waals surface area (Å²) in [6.45, 7) is 2.10. The third-order valence-corrected chi connectivity index (χ3v) is 4.99. The highest BCUT2D eigenvalue weighted by Gasteiger charge is 2.36. The van der Waals surface area contributed by atoms with Crippen LogP contribution in [-0.4, -0.2) is 23.5 Å². The van der Waals surface area contributed by atoms with E-state index in [9.17, 15) is 19.5 Å². The van der Waals surface area contributed by atoms with Gasteiger partial charge < -0.3 is 19.2 Å². The van der Waals surface area contributed by atoms with Crippen molar-refractivity contribution in [3.63, 3.8) is 0 Å². The summed E-state index contributed by atoms with van der Waals surface area (Å²) in [5, 5.41) is 10.1. The lowest BCUT2D eigenvalue weighted by molar-refractivity contribution is -0.149. The van der Waals surface area contributed by atoms with E-state index in [1.54, 1.807) is 11.0 Å². The van der Waals surface area contributed by atoms with E-state index in [1.807, 2.05) is 31.2 Å². The van der Waals surface area contributed by atoms with Gasteiger partial charge in [0.05, 0.1) is 5.92 Å². The first-order valence-electron chi connectivity index (χ1n) is 9.20. The molecule has 1 aromatic heterocycles. The molecule has 0 saturated carbocycles. The first-order chi connectivity index (χ1) is 13.9. The van der Waals surface area contributed by atoms with Crippen LogP contribution in [0.2, 0.25) is 0 Å². The van der Waals surface area contributed by atoms with Crippen molar-refractivity contribution in [2.24, 2.45) is 5.92 Å². The number of rotatable bonds is 4. The Morgan fingerprint density at radius 3 is 2.69 bits per heavy atom. The molecule has 3 aromatic rings. The number of anilines is 1.